The maximum Gasteiger partial charge on any atom is 0.191 e. The van der Waals surface area contributed by atoms with Crippen molar-refractivity contribution in [1.82, 2.24) is 25.3 Å². The van der Waals surface area contributed by atoms with Gasteiger partial charge in [0, 0.05) is 45.6 Å². The Hall–Kier alpha value is -2.34. The molecule has 0 amide bonds. The van der Waals surface area contributed by atoms with E-state index in [0.29, 0.717) is 0 Å². The number of benzene rings is 1. The van der Waals surface area contributed by atoms with Crippen LogP contribution in [0.5, 0.6) is 0 Å². The summed E-state index contributed by atoms with van der Waals surface area (Å²) in [6.45, 7) is 6.07. The fourth-order valence-electron chi connectivity index (χ4n) is 3.70. The second-order valence-electron chi connectivity index (χ2n) is 7.43. The highest BCUT2D eigenvalue weighted by Gasteiger charge is 2.11. The van der Waals surface area contributed by atoms with Crippen LogP contribution in [-0.4, -0.2) is 47.3 Å². The average Bonchev–Trinajstić information content (AvgIpc) is 3.11. The Labute approximate surface area is 169 Å². The molecule has 1 aromatic heterocycles. The topological polar surface area (TPSA) is 57.5 Å². The lowest BCUT2D eigenvalue weighted by atomic mass is 10.1. The summed E-state index contributed by atoms with van der Waals surface area (Å²) in [6, 6.07) is 10.7. The molecule has 2 aromatic rings. The fourth-order valence-corrected chi connectivity index (χ4v) is 3.70. The first kappa shape index (κ1) is 20.4. The van der Waals surface area contributed by atoms with E-state index < -0.39 is 0 Å². The van der Waals surface area contributed by atoms with Gasteiger partial charge in [0.25, 0.3) is 0 Å². The molecule has 28 heavy (non-hydrogen) atoms. The third-order valence-electron chi connectivity index (χ3n) is 5.30. The predicted molar refractivity (Wildman–Crippen MR) is 115 cm³/mol. The smallest absolute Gasteiger partial charge is 0.191 e. The van der Waals surface area contributed by atoms with Gasteiger partial charge in [-0.1, -0.05) is 37.1 Å². The van der Waals surface area contributed by atoms with Gasteiger partial charge >= 0.3 is 0 Å². The van der Waals surface area contributed by atoms with Gasteiger partial charge < -0.3 is 10.6 Å². The van der Waals surface area contributed by atoms with E-state index in [1.165, 1.54) is 49.9 Å². The summed E-state index contributed by atoms with van der Waals surface area (Å²) in [4.78, 5) is 6.96. The van der Waals surface area contributed by atoms with Crippen LogP contribution in [0.3, 0.4) is 0 Å². The molecule has 2 N–H and O–H groups in total. The monoisotopic (exact) mass is 382 g/mol. The largest absolute Gasteiger partial charge is 0.356 e. The second kappa shape index (κ2) is 11.5. The van der Waals surface area contributed by atoms with Gasteiger partial charge in [-0.05, 0) is 49.5 Å². The SMILES string of the molecule is CN=C(NCCCn1cccn1)NCc1ccccc1CN1CCCCCC1. The molecule has 6 heteroatoms. The van der Waals surface area contributed by atoms with Gasteiger partial charge in [0.05, 0.1) is 0 Å². The molecule has 2 heterocycles. The van der Waals surface area contributed by atoms with Crippen molar-refractivity contribution in [3.63, 3.8) is 0 Å². The summed E-state index contributed by atoms with van der Waals surface area (Å²) in [5.41, 5.74) is 2.78. The molecule has 1 saturated heterocycles. The van der Waals surface area contributed by atoms with Gasteiger partial charge in [-0.15, -0.1) is 0 Å². The Balaban J connectivity index is 1.45. The van der Waals surface area contributed by atoms with Gasteiger partial charge in [-0.2, -0.15) is 5.10 Å². The van der Waals surface area contributed by atoms with Gasteiger partial charge in [-0.3, -0.25) is 14.6 Å². The molecule has 0 radical (unpaired) electrons. The fraction of sp³-hybridized carbons (Fsp3) is 0.545. The van der Waals surface area contributed by atoms with Crippen LogP contribution in [0.15, 0.2) is 47.7 Å². The molecule has 6 nitrogen and oxygen atoms in total. The van der Waals surface area contributed by atoms with Crippen LogP contribution in [-0.2, 0) is 19.6 Å². The summed E-state index contributed by atoms with van der Waals surface area (Å²) < 4.78 is 1.96. The maximum absolute atomic E-state index is 4.36. The van der Waals surface area contributed by atoms with E-state index in [4.69, 9.17) is 0 Å². The lowest BCUT2D eigenvalue weighted by molar-refractivity contribution is 0.276. The molecule has 1 aliphatic heterocycles. The van der Waals surface area contributed by atoms with Crippen molar-refractivity contribution < 1.29 is 0 Å². The number of nitrogens with zero attached hydrogens (tertiary/aromatic N) is 4. The van der Waals surface area contributed by atoms with Crippen LogP contribution in [0, 0.1) is 0 Å². The van der Waals surface area contributed by atoms with E-state index in [-0.39, 0.29) is 0 Å². The molecule has 0 saturated carbocycles. The number of likely N-dealkylation sites (tertiary alicyclic amines) is 1. The Kier molecular flexibility index (Phi) is 8.37. The number of aliphatic imine (C=N–C) groups is 1. The van der Waals surface area contributed by atoms with Gasteiger partial charge in [0.2, 0.25) is 0 Å². The summed E-state index contributed by atoms with van der Waals surface area (Å²) in [7, 11) is 1.83. The van der Waals surface area contributed by atoms with Crippen molar-refractivity contribution in [2.75, 3.05) is 26.7 Å². The number of aromatic nitrogens is 2. The summed E-state index contributed by atoms with van der Waals surface area (Å²) in [6.07, 6.45) is 10.2. The summed E-state index contributed by atoms with van der Waals surface area (Å²) >= 11 is 0. The average molecular weight is 383 g/mol. The molecule has 1 aromatic carbocycles. The molecule has 0 bridgehead atoms. The molecule has 0 atom stereocenters. The minimum atomic E-state index is 0.794. The molecule has 0 unspecified atom stereocenters. The third kappa shape index (κ3) is 6.68. The highest BCUT2D eigenvalue weighted by atomic mass is 15.3. The van der Waals surface area contributed by atoms with Crippen LogP contribution in [0.1, 0.15) is 43.2 Å². The van der Waals surface area contributed by atoms with Crippen molar-refractivity contribution in [3.05, 3.63) is 53.9 Å². The summed E-state index contributed by atoms with van der Waals surface area (Å²) in [5, 5.41) is 11.1. The van der Waals surface area contributed by atoms with Crippen molar-refractivity contribution in [2.24, 2.45) is 4.99 Å². The second-order valence-corrected chi connectivity index (χ2v) is 7.43. The van der Waals surface area contributed by atoms with Crippen LogP contribution >= 0.6 is 0 Å². The van der Waals surface area contributed by atoms with Crippen molar-refractivity contribution in [2.45, 2.75) is 51.7 Å². The van der Waals surface area contributed by atoms with E-state index in [0.717, 1.165) is 38.6 Å². The Bertz CT molecular complexity index is 702. The van der Waals surface area contributed by atoms with E-state index >= 15 is 0 Å². The summed E-state index contributed by atoms with van der Waals surface area (Å²) in [5.74, 6) is 0.852. The Morgan fingerprint density at radius 3 is 2.54 bits per heavy atom. The maximum atomic E-state index is 4.36. The van der Waals surface area contributed by atoms with Gasteiger partial charge in [0.15, 0.2) is 5.96 Å². The van der Waals surface area contributed by atoms with Crippen LogP contribution in [0.4, 0.5) is 0 Å². The van der Waals surface area contributed by atoms with Crippen molar-refractivity contribution in [1.29, 1.82) is 0 Å². The number of rotatable bonds is 8. The molecule has 1 fully saturated rings. The highest BCUT2D eigenvalue weighted by molar-refractivity contribution is 5.79. The Morgan fingerprint density at radius 1 is 1.04 bits per heavy atom. The zero-order chi connectivity index (χ0) is 19.4. The molecular weight excluding hydrogens is 348 g/mol. The van der Waals surface area contributed by atoms with Crippen LogP contribution in [0.2, 0.25) is 0 Å². The highest BCUT2D eigenvalue weighted by Crippen LogP contribution is 2.16. The Morgan fingerprint density at radius 2 is 1.82 bits per heavy atom. The molecule has 3 rings (SSSR count). The van der Waals surface area contributed by atoms with Gasteiger partial charge in [0.1, 0.15) is 0 Å². The van der Waals surface area contributed by atoms with Crippen LogP contribution < -0.4 is 10.6 Å². The van der Waals surface area contributed by atoms with Crippen LogP contribution in [0.25, 0.3) is 0 Å². The first-order valence-corrected chi connectivity index (χ1v) is 10.6. The van der Waals surface area contributed by atoms with Crippen molar-refractivity contribution >= 4 is 5.96 Å². The zero-order valence-corrected chi connectivity index (χ0v) is 17.1. The molecule has 1 aliphatic rings. The molecule has 0 spiro atoms. The molecular formula is C22H34N6. The van der Waals surface area contributed by atoms with Gasteiger partial charge in [-0.25, -0.2) is 0 Å². The minimum Gasteiger partial charge on any atom is -0.356 e. The minimum absolute atomic E-state index is 0.794. The van der Waals surface area contributed by atoms with E-state index in [1.807, 2.05) is 30.2 Å². The number of guanidine groups is 1. The standard InChI is InChI=1S/C22H34N6/c1-23-22(24-12-8-16-28-17-9-13-26-28)25-18-20-10-4-5-11-21(20)19-27-14-6-2-3-7-15-27/h4-5,9-11,13,17H,2-3,6-8,12,14-16,18-19H2,1H3,(H2,23,24,25). The van der Waals surface area contributed by atoms with E-state index in [1.54, 1.807) is 0 Å². The molecule has 152 valence electrons. The lowest BCUT2D eigenvalue weighted by Crippen LogP contribution is -2.37. The number of aryl methyl sites for hydroxylation is 1. The lowest BCUT2D eigenvalue weighted by Gasteiger charge is -2.22. The van der Waals surface area contributed by atoms with Crippen molar-refractivity contribution in [3.8, 4) is 0 Å². The number of hydrogen-bond acceptors (Lipinski definition) is 3. The van der Waals surface area contributed by atoms with E-state index in [2.05, 4.69) is 49.9 Å². The first-order valence-electron chi connectivity index (χ1n) is 10.6. The quantitative estimate of drug-likeness (QED) is 0.419. The molecule has 0 aliphatic carbocycles. The number of hydrogen-bond donors (Lipinski definition) is 2. The first-order chi connectivity index (χ1) is 13.8. The van der Waals surface area contributed by atoms with E-state index in [9.17, 15) is 0 Å². The predicted octanol–water partition coefficient (Wildman–Crippen LogP) is 3.01. The third-order valence-corrected chi connectivity index (χ3v) is 5.30. The zero-order valence-electron chi connectivity index (χ0n) is 17.1. The normalized spacial score (nSPS) is 16.0. The number of nitrogens with one attached hydrogen (secondary N) is 2.